The summed E-state index contributed by atoms with van der Waals surface area (Å²) in [6, 6.07) is 23.7. The van der Waals surface area contributed by atoms with Gasteiger partial charge in [0.2, 0.25) is 0 Å². The second-order valence-corrected chi connectivity index (χ2v) is 6.18. The fourth-order valence-corrected chi connectivity index (χ4v) is 3.09. The van der Waals surface area contributed by atoms with E-state index in [9.17, 15) is 10.1 Å². The molecule has 0 saturated heterocycles. The van der Waals surface area contributed by atoms with Gasteiger partial charge in [-0.2, -0.15) is 5.26 Å². The van der Waals surface area contributed by atoms with E-state index in [0.29, 0.717) is 27.3 Å². The highest BCUT2D eigenvalue weighted by molar-refractivity contribution is 6.31. The maximum atomic E-state index is 12.8. The minimum Gasteiger partial charge on any atom is -0.454 e. The predicted octanol–water partition coefficient (Wildman–Crippen LogP) is 5.80. The maximum absolute atomic E-state index is 12.8. The van der Waals surface area contributed by atoms with Gasteiger partial charge in [-0.15, -0.1) is 0 Å². The molecule has 4 heteroatoms. The van der Waals surface area contributed by atoms with Gasteiger partial charge in [0.15, 0.2) is 0 Å². The molecule has 3 aromatic carbocycles. The number of hydrogen-bond acceptors (Lipinski definition) is 3. The van der Waals surface area contributed by atoms with Crippen LogP contribution >= 0.6 is 11.6 Å². The lowest BCUT2D eigenvalue weighted by molar-refractivity contribution is 0.0339. The molecule has 26 heavy (non-hydrogen) atoms. The third-order valence-corrected chi connectivity index (χ3v) is 4.46. The Labute approximate surface area is 157 Å². The highest BCUT2D eigenvalue weighted by atomic mass is 35.5. The normalized spacial score (nSPS) is 11.4. The molecule has 0 spiro atoms. The quantitative estimate of drug-likeness (QED) is 0.552. The lowest BCUT2D eigenvalue weighted by atomic mass is 9.96. The van der Waals surface area contributed by atoms with Crippen LogP contribution in [0.5, 0.6) is 0 Å². The Hall–Kier alpha value is -3.09. The van der Waals surface area contributed by atoms with Crippen molar-refractivity contribution in [3.63, 3.8) is 0 Å². The van der Waals surface area contributed by atoms with E-state index < -0.39 is 12.1 Å². The molecule has 0 aliphatic heterocycles. The SMILES string of the molecule is C[C@H](OC(=O)c1ccccc1-c1ccccc1C#N)c1ccccc1Cl. The van der Waals surface area contributed by atoms with Crippen LogP contribution in [0, 0.1) is 11.3 Å². The molecule has 0 aromatic heterocycles. The Balaban J connectivity index is 1.94. The van der Waals surface area contributed by atoms with E-state index in [-0.39, 0.29) is 0 Å². The zero-order valence-electron chi connectivity index (χ0n) is 14.1. The van der Waals surface area contributed by atoms with E-state index >= 15 is 0 Å². The van der Waals surface area contributed by atoms with Gasteiger partial charge >= 0.3 is 5.97 Å². The summed E-state index contributed by atoms with van der Waals surface area (Å²) in [5, 5.41) is 9.90. The highest BCUT2D eigenvalue weighted by Gasteiger charge is 2.19. The fraction of sp³-hybridized carbons (Fsp3) is 0.0909. The number of benzene rings is 3. The first-order chi connectivity index (χ1) is 12.6. The van der Waals surface area contributed by atoms with Crippen molar-refractivity contribution in [3.8, 4) is 17.2 Å². The van der Waals surface area contributed by atoms with Crippen molar-refractivity contribution < 1.29 is 9.53 Å². The van der Waals surface area contributed by atoms with Crippen molar-refractivity contribution in [1.29, 1.82) is 5.26 Å². The van der Waals surface area contributed by atoms with E-state index in [1.54, 1.807) is 37.3 Å². The van der Waals surface area contributed by atoms with Crippen LogP contribution in [-0.4, -0.2) is 5.97 Å². The lowest BCUT2D eigenvalue weighted by Crippen LogP contribution is -2.11. The molecule has 0 aliphatic rings. The number of esters is 1. The molecular formula is C22H16ClNO2. The number of rotatable bonds is 4. The number of halogens is 1. The second kappa shape index (κ2) is 7.86. The third-order valence-electron chi connectivity index (χ3n) is 4.11. The molecule has 3 aromatic rings. The van der Waals surface area contributed by atoms with Crippen molar-refractivity contribution >= 4 is 17.6 Å². The van der Waals surface area contributed by atoms with Crippen LogP contribution in [0.3, 0.4) is 0 Å². The van der Waals surface area contributed by atoms with Gasteiger partial charge in [-0.1, -0.05) is 66.2 Å². The van der Waals surface area contributed by atoms with Crippen molar-refractivity contribution in [2.75, 3.05) is 0 Å². The Kier molecular flexibility index (Phi) is 5.36. The molecule has 0 radical (unpaired) electrons. The Morgan fingerprint density at radius 1 is 0.962 bits per heavy atom. The summed E-state index contributed by atoms with van der Waals surface area (Å²) < 4.78 is 5.63. The summed E-state index contributed by atoms with van der Waals surface area (Å²) in [5.74, 6) is -0.458. The van der Waals surface area contributed by atoms with Crippen LogP contribution in [0.4, 0.5) is 0 Å². The largest absolute Gasteiger partial charge is 0.454 e. The van der Waals surface area contributed by atoms with Crippen LogP contribution in [0.25, 0.3) is 11.1 Å². The zero-order valence-corrected chi connectivity index (χ0v) is 14.9. The van der Waals surface area contributed by atoms with Gasteiger partial charge < -0.3 is 4.74 Å². The minimum atomic E-state index is -0.490. The fourth-order valence-electron chi connectivity index (χ4n) is 2.80. The van der Waals surface area contributed by atoms with E-state index in [4.69, 9.17) is 16.3 Å². The third kappa shape index (κ3) is 3.61. The average Bonchev–Trinajstić information content (AvgIpc) is 2.68. The predicted molar refractivity (Wildman–Crippen MR) is 102 cm³/mol. The number of nitriles is 1. The van der Waals surface area contributed by atoms with Crippen molar-refractivity contribution in [1.82, 2.24) is 0 Å². The summed E-state index contributed by atoms with van der Waals surface area (Å²) in [5.41, 5.74) is 3.03. The molecule has 3 rings (SSSR count). The highest BCUT2D eigenvalue weighted by Crippen LogP contribution is 2.30. The number of carbonyl (C=O) groups is 1. The molecule has 1 atom stereocenters. The molecule has 0 amide bonds. The molecule has 0 saturated carbocycles. The molecule has 0 unspecified atom stereocenters. The van der Waals surface area contributed by atoms with E-state index in [1.165, 1.54) is 0 Å². The molecule has 0 aliphatic carbocycles. The van der Waals surface area contributed by atoms with E-state index in [2.05, 4.69) is 6.07 Å². The molecule has 0 N–H and O–H groups in total. The molecular weight excluding hydrogens is 346 g/mol. The number of carbonyl (C=O) groups excluding carboxylic acids is 1. The molecule has 0 heterocycles. The lowest BCUT2D eigenvalue weighted by Gasteiger charge is -2.16. The summed E-state index contributed by atoms with van der Waals surface area (Å²) in [7, 11) is 0. The number of ether oxygens (including phenoxy) is 1. The minimum absolute atomic E-state index is 0.411. The van der Waals surface area contributed by atoms with Gasteiger partial charge in [0.1, 0.15) is 6.10 Å². The molecule has 3 nitrogen and oxygen atoms in total. The average molecular weight is 362 g/mol. The topological polar surface area (TPSA) is 50.1 Å². The van der Waals surface area contributed by atoms with E-state index in [0.717, 1.165) is 5.56 Å². The molecule has 0 bridgehead atoms. The number of nitrogens with zero attached hydrogens (tertiary/aromatic N) is 1. The zero-order chi connectivity index (χ0) is 18.5. The van der Waals surface area contributed by atoms with Crippen molar-refractivity contribution in [2.24, 2.45) is 0 Å². The maximum Gasteiger partial charge on any atom is 0.339 e. The Morgan fingerprint density at radius 3 is 2.31 bits per heavy atom. The van der Waals surface area contributed by atoms with Crippen molar-refractivity contribution in [2.45, 2.75) is 13.0 Å². The summed E-state index contributed by atoms with van der Waals surface area (Å²) in [6.45, 7) is 1.78. The molecule has 128 valence electrons. The monoisotopic (exact) mass is 361 g/mol. The van der Waals surface area contributed by atoms with Gasteiger partial charge in [-0.25, -0.2) is 4.79 Å². The first-order valence-corrected chi connectivity index (χ1v) is 8.53. The van der Waals surface area contributed by atoms with Gasteiger partial charge in [-0.3, -0.25) is 0 Å². The Bertz CT molecular complexity index is 991. The summed E-state index contributed by atoms with van der Waals surface area (Å²) in [4.78, 5) is 12.8. The first-order valence-electron chi connectivity index (χ1n) is 8.15. The van der Waals surface area contributed by atoms with Crippen LogP contribution in [-0.2, 0) is 4.74 Å². The van der Waals surface area contributed by atoms with Crippen molar-refractivity contribution in [3.05, 3.63) is 94.5 Å². The van der Waals surface area contributed by atoms with Gasteiger partial charge in [0.25, 0.3) is 0 Å². The molecule has 0 fully saturated rings. The smallest absolute Gasteiger partial charge is 0.339 e. The first kappa shape index (κ1) is 17.7. The van der Waals surface area contributed by atoms with Crippen LogP contribution in [0.15, 0.2) is 72.8 Å². The van der Waals surface area contributed by atoms with Gasteiger partial charge in [-0.05, 0) is 30.7 Å². The van der Waals surface area contributed by atoms with Crippen LogP contribution in [0.2, 0.25) is 5.02 Å². The van der Waals surface area contributed by atoms with Crippen LogP contribution in [0.1, 0.15) is 34.5 Å². The van der Waals surface area contributed by atoms with Crippen LogP contribution < -0.4 is 0 Å². The number of hydrogen-bond donors (Lipinski definition) is 0. The Morgan fingerprint density at radius 2 is 1.58 bits per heavy atom. The summed E-state index contributed by atoms with van der Waals surface area (Å²) >= 11 is 6.19. The van der Waals surface area contributed by atoms with E-state index in [1.807, 2.05) is 42.5 Å². The standard InChI is InChI=1S/C22H16ClNO2/c1-15(17-9-6-7-13-21(17)23)26-22(25)20-12-5-4-11-19(20)18-10-3-2-8-16(18)14-24/h2-13,15H,1H3/t15-/m0/s1. The van der Waals surface area contributed by atoms with Gasteiger partial charge in [0, 0.05) is 16.1 Å². The summed E-state index contributed by atoms with van der Waals surface area (Å²) in [6.07, 6.45) is -0.490. The second-order valence-electron chi connectivity index (χ2n) is 5.77. The van der Waals surface area contributed by atoms with Gasteiger partial charge in [0.05, 0.1) is 17.2 Å².